The minimum atomic E-state index is 0.409. The van der Waals surface area contributed by atoms with Crippen LogP contribution in [0, 0.1) is 11.3 Å². The van der Waals surface area contributed by atoms with Crippen molar-refractivity contribution in [2.45, 2.75) is 44.9 Å². The van der Waals surface area contributed by atoms with Crippen LogP contribution in [0.5, 0.6) is 0 Å². The molecule has 1 aromatic rings. The predicted octanol–water partition coefficient (Wildman–Crippen LogP) is 2.08. The number of hydrogen-bond donors (Lipinski definition) is 0. The van der Waals surface area contributed by atoms with E-state index < -0.39 is 0 Å². The van der Waals surface area contributed by atoms with Crippen LogP contribution in [0.15, 0.2) is 12.4 Å². The summed E-state index contributed by atoms with van der Waals surface area (Å²) in [6, 6.07) is 0. The molecular formula is C19H30N4O. The van der Waals surface area contributed by atoms with Gasteiger partial charge in [-0.2, -0.15) is 5.10 Å². The highest BCUT2D eigenvalue weighted by Gasteiger charge is 2.42. The van der Waals surface area contributed by atoms with E-state index in [1.165, 1.54) is 44.3 Å². The maximum absolute atomic E-state index is 12.2. The second kappa shape index (κ2) is 6.51. The van der Waals surface area contributed by atoms with Gasteiger partial charge in [0.25, 0.3) is 0 Å². The lowest BCUT2D eigenvalue weighted by Crippen LogP contribution is -2.52. The molecule has 1 aromatic heterocycles. The maximum Gasteiger partial charge on any atom is 0.222 e. The lowest BCUT2D eigenvalue weighted by Gasteiger charge is -2.47. The van der Waals surface area contributed by atoms with Gasteiger partial charge in [-0.3, -0.25) is 9.48 Å². The number of piperidine rings is 2. The fraction of sp³-hybridized carbons (Fsp3) is 0.789. The average Bonchev–Trinajstić information content (AvgIpc) is 3.30. The van der Waals surface area contributed by atoms with Crippen molar-refractivity contribution < 1.29 is 4.79 Å². The van der Waals surface area contributed by atoms with E-state index in [4.69, 9.17) is 0 Å². The zero-order valence-electron chi connectivity index (χ0n) is 14.9. The minimum absolute atomic E-state index is 0.409. The van der Waals surface area contributed by atoms with E-state index in [1.807, 2.05) is 17.9 Å². The molecule has 0 aromatic carbocycles. The second-order valence-electron chi connectivity index (χ2n) is 8.33. The average molecular weight is 330 g/mol. The molecule has 1 saturated carbocycles. The van der Waals surface area contributed by atoms with Crippen LogP contribution in [-0.2, 0) is 18.3 Å². The Kier molecular flexibility index (Phi) is 4.37. The van der Waals surface area contributed by atoms with Gasteiger partial charge in [-0.25, -0.2) is 0 Å². The molecule has 2 saturated heterocycles. The molecule has 1 spiro atoms. The van der Waals surface area contributed by atoms with Crippen molar-refractivity contribution in [1.29, 1.82) is 0 Å². The summed E-state index contributed by atoms with van der Waals surface area (Å²) in [5, 5.41) is 4.25. The first-order chi connectivity index (χ1) is 11.6. The Labute approximate surface area is 145 Å². The van der Waals surface area contributed by atoms with Gasteiger partial charge in [0.1, 0.15) is 0 Å². The summed E-state index contributed by atoms with van der Waals surface area (Å²) >= 11 is 0. The molecule has 3 fully saturated rings. The van der Waals surface area contributed by atoms with E-state index in [-0.39, 0.29) is 0 Å². The van der Waals surface area contributed by atoms with E-state index in [9.17, 15) is 4.79 Å². The van der Waals surface area contributed by atoms with Crippen molar-refractivity contribution in [3.05, 3.63) is 18.0 Å². The molecule has 3 heterocycles. The maximum atomic E-state index is 12.2. The number of hydrogen-bond acceptors (Lipinski definition) is 3. The van der Waals surface area contributed by atoms with Crippen LogP contribution in [0.2, 0.25) is 0 Å². The molecular weight excluding hydrogens is 300 g/mol. The normalized spacial score (nSPS) is 24.7. The van der Waals surface area contributed by atoms with Crippen LogP contribution in [-0.4, -0.2) is 58.2 Å². The molecule has 0 radical (unpaired) electrons. The van der Waals surface area contributed by atoms with E-state index in [0.717, 1.165) is 44.8 Å². The number of likely N-dealkylation sites (tertiary alicyclic amines) is 2. The van der Waals surface area contributed by atoms with Gasteiger partial charge in [-0.1, -0.05) is 0 Å². The predicted molar refractivity (Wildman–Crippen MR) is 93.6 cm³/mol. The quantitative estimate of drug-likeness (QED) is 0.830. The van der Waals surface area contributed by atoms with E-state index in [2.05, 4.69) is 21.1 Å². The van der Waals surface area contributed by atoms with Crippen LogP contribution >= 0.6 is 0 Å². The monoisotopic (exact) mass is 330 g/mol. The Morgan fingerprint density at radius 2 is 2.04 bits per heavy atom. The highest BCUT2D eigenvalue weighted by atomic mass is 16.2. The van der Waals surface area contributed by atoms with Crippen LogP contribution in [0.3, 0.4) is 0 Å². The van der Waals surface area contributed by atoms with Crippen molar-refractivity contribution in [1.82, 2.24) is 19.6 Å². The number of carbonyl (C=O) groups excluding carboxylic acids is 1. The fourth-order valence-corrected chi connectivity index (χ4v) is 4.43. The minimum Gasteiger partial charge on any atom is -0.342 e. The van der Waals surface area contributed by atoms with Crippen LogP contribution in [0.4, 0.5) is 0 Å². The SMILES string of the molecule is Cn1cc(CCN2CCC3(CCC(=O)N(CC4CC4)C3)CC2)cn1. The largest absolute Gasteiger partial charge is 0.342 e. The molecule has 1 amide bonds. The van der Waals surface area contributed by atoms with Crippen molar-refractivity contribution in [2.24, 2.45) is 18.4 Å². The first kappa shape index (κ1) is 16.1. The third-order valence-electron chi connectivity index (χ3n) is 6.32. The molecule has 5 heteroatoms. The highest BCUT2D eigenvalue weighted by molar-refractivity contribution is 5.77. The molecule has 132 valence electrons. The highest BCUT2D eigenvalue weighted by Crippen LogP contribution is 2.41. The third-order valence-corrected chi connectivity index (χ3v) is 6.32. The summed E-state index contributed by atoms with van der Waals surface area (Å²) in [6.07, 6.45) is 12.3. The summed E-state index contributed by atoms with van der Waals surface area (Å²) < 4.78 is 1.88. The number of nitrogens with zero attached hydrogens (tertiary/aromatic N) is 4. The lowest BCUT2D eigenvalue weighted by atomic mass is 9.72. The summed E-state index contributed by atoms with van der Waals surface area (Å²) in [5.74, 6) is 1.22. The first-order valence-electron chi connectivity index (χ1n) is 9.60. The Balaban J connectivity index is 1.27. The summed E-state index contributed by atoms with van der Waals surface area (Å²) in [5.41, 5.74) is 1.74. The molecule has 0 atom stereocenters. The zero-order chi connectivity index (χ0) is 16.6. The second-order valence-corrected chi connectivity index (χ2v) is 8.33. The molecule has 5 nitrogen and oxygen atoms in total. The van der Waals surface area contributed by atoms with Crippen molar-refractivity contribution in [3.8, 4) is 0 Å². The number of aryl methyl sites for hydroxylation is 1. The molecule has 0 unspecified atom stereocenters. The Morgan fingerprint density at radius 3 is 2.71 bits per heavy atom. The molecule has 24 heavy (non-hydrogen) atoms. The van der Waals surface area contributed by atoms with Crippen LogP contribution in [0.1, 0.15) is 44.1 Å². The molecule has 4 rings (SSSR count). The number of carbonyl (C=O) groups is 1. The summed E-state index contributed by atoms with van der Waals surface area (Å²) in [4.78, 5) is 17.0. The van der Waals surface area contributed by atoms with E-state index in [0.29, 0.717) is 11.3 Å². The molecule has 0 bridgehead atoms. The van der Waals surface area contributed by atoms with Gasteiger partial charge in [0, 0.05) is 39.3 Å². The third kappa shape index (κ3) is 3.66. The van der Waals surface area contributed by atoms with Crippen LogP contribution < -0.4 is 0 Å². The number of rotatable bonds is 5. The van der Waals surface area contributed by atoms with Crippen LogP contribution in [0.25, 0.3) is 0 Å². The number of amides is 1. The zero-order valence-corrected chi connectivity index (χ0v) is 14.9. The number of aromatic nitrogens is 2. The van der Waals surface area contributed by atoms with Gasteiger partial charge < -0.3 is 9.80 Å². The van der Waals surface area contributed by atoms with Crippen molar-refractivity contribution in [3.63, 3.8) is 0 Å². The lowest BCUT2D eigenvalue weighted by molar-refractivity contribution is -0.139. The Morgan fingerprint density at radius 1 is 1.25 bits per heavy atom. The summed E-state index contributed by atoms with van der Waals surface area (Å²) in [7, 11) is 1.98. The molecule has 0 N–H and O–H groups in total. The Bertz CT molecular complexity index is 584. The van der Waals surface area contributed by atoms with Crippen molar-refractivity contribution in [2.75, 3.05) is 32.7 Å². The van der Waals surface area contributed by atoms with E-state index >= 15 is 0 Å². The van der Waals surface area contributed by atoms with Gasteiger partial charge in [-0.05, 0) is 68.5 Å². The van der Waals surface area contributed by atoms with Gasteiger partial charge in [0.15, 0.2) is 0 Å². The van der Waals surface area contributed by atoms with Gasteiger partial charge in [0.05, 0.1) is 6.20 Å². The smallest absolute Gasteiger partial charge is 0.222 e. The topological polar surface area (TPSA) is 41.4 Å². The fourth-order valence-electron chi connectivity index (χ4n) is 4.43. The standard InChI is InChI=1S/C19H30N4O/c1-21-13-17(12-20-21)5-9-22-10-7-19(8-11-22)6-4-18(24)23(15-19)14-16-2-3-16/h12-13,16H,2-11,14-15H2,1H3. The molecule has 3 aliphatic rings. The summed E-state index contributed by atoms with van der Waals surface area (Å²) in [6.45, 7) is 5.56. The molecule has 1 aliphatic carbocycles. The first-order valence-corrected chi connectivity index (χ1v) is 9.60. The van der Waals surface area contributed by atoms with E-state index in [1.54, 1.807) is 0 Å². The van der Waals surface area contributed by atoms with Gasteiger partial charge in [0.2, 0.25) is 5.91 Å². The van der Waals surface area contributed by atoms with Gasteiger partial charge >= 0.3 is 0 Å². The Hall–Kier alpha value is -1.36. The van der Waals surface area contributed by atoms with Crippen molar-refractivity contribution >= 4 is 5.91 Å². The van der Waals surface area contributed by atoms with Gasteiger partial charge in [-0.15, -0.1) is 0 Å². The molecule has 2 aliphatic heterocycles.